The maximum Gasteiger partial charge on any atom is 0.335 e. The Kier molecular flexibility index (Phi) is 13.3. The number of aromatic carboxylic acids is 1. The molecule has 0 fully saturated rings. The molecule has 0 heterocycles. The Morgan fingerprint density at radius 3 is 2.06 bits per heavy atom. The van der Waals surface area contributed by atoms with Gasteiger partial charge in [0.25, 0.3) is 0 Å². The van der Waals surface area contributed by atoms with Crippen LogP contribution in [-0.4, -0.2) is 48.2 Å². The zero-order chi connectivity index (χ0) is 24.9. The molecular formula is C28H33ClIN3O3. The third-order valence-electron chi connectivity index (χ3n) is 5.74. The van der Waals surface area contributed by atoms with Crippen LogP contribution in [-0.2, 0) is 12.8 Å². The molecule has 0 aromatic heterocycles. The zero-order valence-electron chi connectivity index (χ0n) is 20.2. The molecule has 3 rings (SSSR count). The van der Waals surface area contributed by atoms with E-state index in [2.05, 4.69) is 27.7 Å². The van der Waals surface area contributed by atoms with Crippen molar-refractivity contribution in [3.05, 3.63) is 101 Å². The molecule has 2 amide bonds. The van der Waals surface area contributed by atoms with Crippen molar-refractivity contribution >= 4 is 53.3 Å². The minimum atomic E-state index is -0.906. The van der Waals surface area contributed by atoms with Crippen LogP contribution < -0.4 is 10.6 Å². The van der Waals surface area contributed by atoms with Crippen molar-refractivity contribution in [2.45, 2.75) is 25.7 Å². The van der Waals surface area contributed by atoms with Gasteiger partial charge in [-0.1, -0.05) is 54.1 Å². The Morgan fingerprint density at radius 1 is 0.778 bits per heavy atom. The number of urea groups is 1. The number of carboxylic acid groups (broad SMARTS) is 1. The first-order valence-electron chi connectivity index (χ1n) is 11.9. The highest BCUT2D eigenvalue weighted by atomic mass is 127. The maximum atomic E-state index is 12.1. The lowest BCUT2D eigenvalue weighted by Crippen LogP contribution is -2.34. The molecule has 3 aromatic carbocycles. The van der Waals surface area contributed by atoms with Crippen LogP contribution in [0.15, 0.2) is 78.9 Å². The highest BCUT2D eigenvalue weighted by Crippen LogP contribution is 2.12. The number of carbonyl (C=O) groups excluding carboxylic acids is 1. The van der Waals surface area contributed by atoms with Gasteiger partial charge in [0, 0.05) is 23.8 Å². The summed E-state index contributed by atoms with van der Waals surface area (Å²) in [7, 11) is 0. The molecule has 0 aliphatic rings. The molecule has 3 aromatic rings. The molecule has 0 bridgehead atoms. The summed E-state index contributed by atoms with van der Waals surface area (Å²) in [6.45, 7) is 3.30. The highest BCUT2D eigenvalue weighted by Gasteiger charge is 2.08. The Labute approximate surface area is 235 Å². The lowest BCUT2D eigenvalue weighted by Gasteiger charge is -2.22. The minimum absolute atomic E-state index is 0. The highest BCUT2D eigenvalue weighted by molar-refractivity contribution is 14.0. The predicted molar refractivity (Wildman–Crippen MR) is 157 cm³/mol. The van der Waals surface area contributed by atoms with Crippen molar-refractivity contribution in [3.63, 3.8) is 0 Å². The summed E-state index contributed by atoms with van der Waals surface area (Å²) in [5.41, 5.74) is 3.45. The lowest BCUT2D eigenvalue weighted by atomic mass is 10.1. The van der Waals surface area contributed by atoms with E-state index >= 15 is 0 Å². The minimum Gasteiger partial charge on any atom is -0.478 e. The van der Waals surface area contributed by atoms with Gasteiger partial charge in [-0.05, 0) is 86.3 Å². The number of carboxylic acids is 1. The van der Waals surface area contributed by atoms with Gasteiger partial charge in [-0.25, -0.2) is 9.59 Å². The molecular weight excluding hydrogens is 589 g/mol. The molecule has 0 spiro atoms. The number of aryl methyl sites for hydroxylation is 1. The summed E-state index contributed by atoms with van der Waals surface area (Å²) in [5.74, 6) is -0.906. The monoisotopic (exact) mass is 621 g/mol. The fourth-order valence-corrected chi connectivity index (χ4v) is 3.92. The van der Waals surface area contributed by atoms with Crippen LogP contribution in [0.2, 0.25) is 5.02 Å². The summed E-state index contributed by atoms with van der Waals surface area (Å²) in [6.07, 6.45) is 3.62. The molecule has 36 heavy (non-hydrogen) atoms. The number of anilines is 1. The van der Waals surface area contributed by atoms with Gasteiger partial charge < -0.3 is 20.6 Å². The number of halogens is 2. The normalized spacial score (nSPS) is 10.5. The number of benzene rings is 3. The van der Waals surface area contributed by atoms with Crippen LogP contribution in [0.3, 0.4) is 0 Å². The van der Waals surface area contributed by atoms with E-state index in [0.29, 0.717) is 12.1 Å². The van der Waals surface area contributed by atoms with Crippen LogP contribution in [0.5, 0.6) is 0 Å². The van der Waals surface area contributed by atoms with Gasteiger partial charge in [-0.3, -0.25) is 0 Å². The molecule has 0 aliphatic heterocycles. The van der Waals surface area contributed by atoms with Crippen LogP contribution in [0.1, 0.15) is 34.3 Å². The van der Waals surface area contributed by atoms with Gasteiger partial charge >= 0.3 is 12.0 Å². The van der Waals surface area contributed by atoms with E-state index in [1.165, 1.54) is 5.56 Å². The third-order valence-corrected chi connectivity index (χ3v) is 5.99. The fourth-order valence-electron chi connectivity index (χ4n) is 3.80. The van der Waals surface area contributed by atoms with Crippen molar-refractivity contribution in [3.8, 4) is 0 Å². The number of hydrogen-bond acceptors (Lipinski definition) is 3. The number of rotatable bonds is 13. The van der Waals surface area contributed by atoms with Crippen LogP contribution >= 0.6 is 35.6 Å². The molecule has 0 saturated carbocycles. The number of amides is 2. The Bertz CT molecular complexity index is 1060. The first-order chi connectivity index (χ1) is 17.0. The second-order valence-electron chi connectivity index (χ2n) is 8.42. The number of carbonyl (C=O) groups is 2. The SMILES string of the molecule is I.O=C(NCCCN(CCCc1ccc(C(=O)O)cc1)CCc1ccc(Cl)cc1)Nc1ccccc1. The van der Waals surface area contributed by atoms with E-state index in [9.17, 15) is 9.59 Å². The number of hydrogen-bond donors (Lipinski definition) is 3. The average Bonchev–Trinajstić information content (AvgIpc) is 2.86. The third kappa shape index (κ3) is 11.0. The van der Waals surface area contributed by atoms with Crippen molar-refractivity contribution in [2.24, 2.45) is 0 Å². The molecule has 0 aliphatic carbocycles. The van der Waals surface area contributed by atoms with Crippen LogP contribution in [0.25, 0.3) is 0 Å². The van der Waals surface area contributed by atoms with Gasteiger partial charge in [0.2, 0.25) is 0 Å². The average molecular weight is 622 g/mol. The topological polar surface area (TPSA) is 81.7 Å². The van der Waals surface area contributed by atoms with Crippen molar-refractivity contribution in [1.29, 1.82) is 0 Å². The molecule has 3 N–H and O–H groups in total. The standard InChI is InChI=1S/C28H32ClN3O3.HI/c29-25-15-11-23(12-16-25)17-21-32(19-4-6-22-9-13-24(14-10-22)27(33)34)20-5-18-30-28(35)31-26-7-2-1-3-8-26;/h1-3,7-16H,4-6,17-21H2,(H,33,34)(H2,30,31,35);1H. The zero-order valence-corrected chi connectivity index (χ0v) is 23.2. The fraction of sp³-hybridized carbons (Fsp3) is 0.286. The van der Waals surface area contributed by atoms with E-state index < -0.39 is 5.97 Å². The Hall–Kier alpha value is -2.62. The molecule has 0 unspecified atom stereocenters. The summed E-state index contributed by atoms with van der Waals surface area (Å²) >= 11 is 6.01. The van der Waals surface area contributed by atoms with E-state index in [1.54, 1.807) is 12.1 Å². The summed E-state index contributed by atoms with van der Waals surface area (Å²) in [4.78, 5) is 25.6. The van der Waals surface area contributed by atoms with Gasteiger partial charge in [0.05, 0.1) is 5.56 Å². The van der Waals surface area contributed by atoms with E-state index in [4.69, 9.17) is 16.7 Å². The molecule has 0 saturated heterocycles. The van der Waals surface area contributed by atoms with Crippen LogP contribution in [0.4, 0.5) is 10.5 Å². The molecule has 0 atom stereocenters. The van der Waals surface area contributed by atoms with E-state index in [0.717, 1.165) is 61.6 Å². The summed E-state index contributed by atoms with van der Waals surface area (Å²) < 4.78 is 0. The second kappa shape index (κ2) is 16.2. The van der Waals surface area contributed by atoms with Gasteiger partial charge in [-0.15, -0.1) is 24.0 Å². The second-order valence-corrected chi connectivity index (χ2v) is 8.86. The van der Waals surface area contributed by atoms with E-state index in [1.807, 2.05) is 54.6 Å². The molecule has 192 valence electrons. The molecule has 6 nitrogen and oxygen atoms in total. The largest absolute Gasteiger partial charge is 0.478 e. The smallest absolute Gasteiger partial charge is 0.335 e. The van der Waals surface area contributed by atoms with Gasteiger partial charge in [-0.2, -0.15) is 0 Å². The Balaban J connectivity index is 0.00000456. The number of nitrogens with one attached hydrogen (secondary N) is 2. The summed E-state index contributed by atoms with van der Waals surface area (Å²) in [5, 5.41) is 15.6. The number of nitrogens with zero attached hydrogens (tertiary/aromatic N) is 1. The maximum absolute atomic E-state index is 12.1. The first kappa shape index (κ1) is 29.6. The quantitative estimate of drug-likeness (QED) is 0.154. The molecule has 0 radical (unpaired) electrons. The number of para-hydroxylation sites is 1. The molecule has 8 heteroatoms. The van der Waals surface area contributed by atoms with Crippen LogP contribution in [0, 0.1) is 0 Å². The van der Waals surface area contributed by atoms with Crippen molar-refractivity contribution < 1.29 is 14.7 Å². The summed E-state index contributed by atoms with van der Waals surface area (Å²) in [6, 6.07) is 24.2. The van der Waals surface area contributed by atoms with Gasteiger partial charge in [0.1, 0.15) is 0 Å². The Morgan fingerprint density at radius 2 is 1.39 bits per heavy atom. The lowest BCUT2D eigenvalue weighted by molar-refractivity contribution is 0.0697. The first-order valence-corrected chi connectivity index (χ1v) is 12.3. The van der Waals surface area contributed by atoms with Crippen molar-refractivity contribution in [2.75, 3.05) is 31.5 Å². The van der Waals surface area contributed by atoms with Gasteiger partial charge in [0.15, 0.2) is 0 Å². The predicted octanol–water partition coefficient (Wildman–Crippen LogP) is 6.35. The van der Waals surface area contributed by atoms with Crippen molar-refractivity contribution in [1.82, 2.24) is 10.2 Å². The van der Waals surface area contributed by atoms with E-state index in [-0.39, 0.29) is 30.0 Å².